The average molecular weight is 138 g/mol. The van der Waals surface area contributed by atoms with Gasteiger partial charge in [0.2, 0.25) is 0 Å². The van der Waals surface area contributed by atoms with E-state index in [1.165, 1.54) is 0 Å². The molecule has 0 atom stereocenters. The van der Waals surface area contributed by atoms with Gasteiger partial charge < -0.3 is 10.2 Å². The molecule has 0 spiro atoms. The van der Waals surface area contributed by atoms with Crippen LogP contribution < -0.4 is 5.26 Å². The topological polar surface area (TPSA) is 126 Å². The molecule has 7 nitrogen and oxygen atoms in total. The van der Waals surface area contributed by atoms with E-state index in [1.807, 2.05) is 0 Å². The number of carboxylic acids is 2. The fourth-order valence-electron chi connectivity index (χ4n) is 0. The van der Waals surface area contributed by atoms with E-state index < -0.39 is 11.9 Å². The van der Waals surface area contributed by atoms with Gasteiger partial charge in [-0.15, -0.1) is 0 Å². The van der Waals surface area contributed by atoms with Crippen LogP contribution in [0.5, 0.6) is 0 Å². The lowest BCUT2D eigenvalue weighted by Crippen LogP contribution is -2.09. The molecule has 0 aliphatic rings. The highest BCUT2D eigenvalue weighted by atomic mass is 17.2. The van der Waals surface area contributed by atoms with Gasteiger partial charge in [-0.2, -0.15) is 0 Å². The van der Waals surface area contributed by atoms with E-state index in [4.69, 9.17) is 30.0 Å². The molecule has 0 radical (unpaired) electrons. The van der Waals surface area contributed by atoms with Crippen molar-refractivity contribution >= 4 is 11.9 Å². The molecule has 0 saturated carbocycles. The van der Waals surface area contributed by atoms with Crippen molar-refractivity contribution in [2.24, 2.45) is 0 Å². The molecule has 0 unspecified atom stereocenters. The normalized spacial score (nSPS) is 6.22. The minimum atomic E-state index is -1.82. The van der Waals surface area contributed by atoms with Crippen LogP contribution in [-0.4, -0.2) is 22.2 Å². The first-order valence-electron chi connectivity index (χ1n) is 1.44. The summed E-state index contributed by atoms with van der Waals surface area (Å²) in [7, 11) is 0. The lowest BCUT2D eigenvalue weighted by atomic mass is 10.7. The Bertz CT molecular complexity index is 102. The SMILES string of the molecule is O=C(O)C(=O)O.O=[O+][O-]. The van der Waals surface area contributed by atoms with Crippen molar-refractivity contribution in [3.8, 4) is 0 Å². The number of hydrogen-bond donors (Lipinski definition) is 2. The maximum atomic E-state index is 9.10. The van der Waals surface area contributed by atoms with Crippen molar-refractivity contribution in [2.75, 3.05) is 0 Å². The third-order valence-corrected chi connectivity index (χ3v) is 0.183. The highest BCUT2D eigenvalue weighted by Gasteiger charge is 2.04. The Morgan fingerprint density at radius 1 is 1.22 bits per heavy atom. The Labute approximate surface area is 48.0 Å². The fraction of sp³-hybridized carbons (Fsp3) is 0. The molecule has 2 N–H and O–H groups in total. The summed E-state index contributed by atoms with van der Waals surface area (Å²) in [4.78, 5) is 26.1. The molecule has 52 valence electrons. The Hall–Kier alpha value is -1.66. The molecule has 0 aliphatic carbocycles. The monoisotopic (exact) mass is 138 g/mol. The van der Waals surface area contributed by atoms with Crippen molar-refractivity contribution < 1.29 is 25.1 Å². The van der Waals surface area contributed by atoms with Gasteiger partial charge in [-0.05, 0) is 0 Å². The molecule has 7 heteroatoms. The summed E-state index contributed by atoms with van der Waals surface area (Å²) in [5.41, 5.74) is 0. The molecule has 0 aromatic carbocycles. The smallest absolute Gasteiger partial charge is 0.414 e. The average Bonchev–Trinajstić information content (AvgIpc) is 1.68. The number of hydrogen-bond acceptors (Lipinski definition) is 4. The molecular formula is C2H2O7. The molecule has 9 heavy (non-hydrogen) atoms. The predicted octanol–water partition coefficient (Wildman–Crippen LogP) is -1.97. The quantitative estimate of drug-likeness (QED) is 0.173. The molecule has 0 rings (SSSR count). The highest BCUT2D eigenvalue weighted by Crippen LogP contribution is 1.56. The van der Waals surface area contributed by atoms with Gasteiger partial charge in [0.1, 0.15) is 0 Å². The predicted molar refractivity (Wildman–Crippen MR) is 22.0 cm³/mol. The Kier molecular flexibility index (Phi) is 7.29. The number of carbonyl (C=O) groups is 2. The molecule has 0 saturated heterocycles. The van der Waals surface area contributed by atoms with E-state index in [2.05, 4.69) is 0 Å². The van der Waals surface area contributed by atoms with Crippen molar-refractivity contribution in [1.82, 2.24) is 0 Å². The molecule has 0 fully saturated rings. The van der Waals surface area contributed by atoms with Gasteiger partial charge in [-0.25, -0.2) is 9.59 Å². The minimum absolute atomic E-state index is 1.75. The van der Waals surface area contributed by atoms with E-state index in [1.54, 1.807) is 4.75 Å². The van der Waals surface area contributed by atoms with Gasteiger partial charge in [0.05, 0.1) is 0 Å². The largest absolute Gasteiger partial charge is 0.473 e. The maximum Gasteiger partial charge on any atom is 0.414 e. The molecule has 0 heterocycles. The molecule has 0 aromatic heterocycles. The van der Waals surface area contributed by atoms with Crippen LogP contribution in [0.2, 0.25) is 0 Å². The van der Waals surface area contributed by atoms with Gasteiger partial charge in [-0.3, -0.25) is 0 Å². The lowest BCUT2D eigenvalue weighted by molar-refractivity contribution is -0.284. The van der Waals surface area contributed by atoms with Crippen LogP contribution in [0.4, 0.5) is 0 Å². The Balaban J connectivity index is 0. The molecular weight excluding hydrogens is 136 g/mol. The first-order valence-corrected chi connectivity index (χ1v) is 1.44. The summed E-state index contributed by atoms with van der Waals surface area (Å²) in [5, 5.41) is 22.7. The van der Waals surface area contributed by atoms with Crippen LogP contribution in [-0.2, 0) is 9.59 Å². The molecule has 0 aliphatic heterocycles. The maximum absolute atomic E-state index is 9.10. The summed E-state index contributed by atoms with van der Waals surface area (Å²) in [6.45, 7) is 0. The van der Waals surface area contributed by atoms with Crippen molar-refractivity contribution in [1.29, 1.82) is 0 Å². The van der Waals surface area contributed by atoms with Gasteiger partial charge in [-0.1, -0.05) is 10.2 Å². The van der Waals surface area contributed by atoms with Gasteiger partial charge in [0, 0.05) is 0 Å². The second kappa shape index (κ2) is 6.34. The van der Waals surface area contributed by atoms with Crippen molar-refractivity contribution in [3.63, 3.8) is 0 Å². The third-order valence-electron chi connectivity index (χ3n) is 0.183. The van der Waals surface area contributed by atoms with E-state index in [0.717, 1.165) is 0 Å². The van der Waals surface area contributed by atoms with E-state index in [-0.39, 0.29) is 0 Å². The minimum Gasteiger partial charge on any atom is -0.473 e. The van der Waals surface area contributed by atoms with Crippen LogP contribution in [0, 0.1) is 9.71 Å². The number of aliphatic carboxylic acids is 2. The first-order chi connectivity index (χ1) is 4.06. The summed E-state index contributed by atoms with van der Waals surface area (Å²) in [5.74, 6) is -3.65. The van der Waals surface area contributed by atoms with Crippen LogP contribution in [0.3, 0.4) is 0 Å². The summed E-state index contributed by atoms with van der Waals surface area (Å²) < 4.78 is 1.75. The molecule has 0 aromatic rings. The van der Waals surface area contributed by atoms with Crippen molar-refractivity contribution in [2.45, 2.75) is 0 Å². The van der Waals surface area contributed by atoms with Crippen LogP contribution in [0.1, 0.15) is 0 Å². The number of rotatable bonds is 0. The zero-order valence-electron chi connectivity index (χ0n) is 3.94. The second-order valence-corrected chi connectivity index (χ2v) is 0.678. The summed E-state index contributed by atoms with van der Waals surface area (Å²) in [6.07, 6.45) is 0. The molecule has 0 bridgehead atoms. The van der Waals surface area contributed by atoms with E-state index >= 15 is 0 Å². The van der Waals surface area contributed by atoms with Gasteiger partial charge in [0.25, 0.3) is 0 Å². The zero-order valence-corrected chi connectivity index (χ0v) is 3.94. The van der Waals surface area contributed by atoms with Gasteiger partial charge in [0.15, 0.2) is 4.75 Å². The third kappa shape index (κ3) is 21.8. The Morgan fingerprint density at radius 3 is 1.33 bits per heavy atom. The van der Waals surface area contributed by atoms with Gasteiger partial charge >= 0.3 is 11.9 Å². The first kappa shape index (κ1) is 10.3. The zero-order chi connectivity index (χ0) is 7.86. The van der Waals surface area contributed by atoms with E-state index in [9.17, 15) is 0 Å². The summed E-state index contributed by atoms with van der Waals surface area (Å²) in [6, 6.07) is 0. The van der Waals surface area contributed by atoms with Crippen molar-refractivity contribution in [3.05, 3.63) is 9.71 Å². The highest BCUT2D eigenvalue weighted by molar-refractivity contribution is 6.27. The van der Waals surface area contributed by atoms with Crippen LogP contribution in [0.25, 0.3) is 0 Å². The van der Waals surface area contributed by atoms with Crippen LogP contribution >= 0.6 is 0 Å². The Morgan fingerprint density at radius 2 is 1.33 bits per heavy atom. The lowest BCUT2D eigenvalue weighted by Gasteiger charge is -1.72. The number of carboxylic acid groups (broad SMARTS) is 2. The van der Waals surface area contributed by atoms with Crippen LogP contribution in [0.15, 0.2) is 0 Å². The second-order valence-electron chi connectivity index (χ2n) is 0.678. The molecule has 0 amide bonds. The fourth-order valence-corrected chi connectivity index (χ4v) is 0. The summed E-state index contributed by atoms with van der Waals surface area (Å²) >= 11 is 0. The van der Waals surface area contributed by atoms with E-state index in [0.29, 0.717) is 0 Å². The standard InChI is InChI=1S/C2H2O4.O3/c3-1(4)2(5)6;1-3-2/h(H,3,4)(H,5,6);.